The molecule has 0 saturated heterocycles. The first-order chi connectivity index (χ1) is 12.6. The number of carbonyl (C=O) groups excluding carboxylic acids is 1. The first-order valence-electron chi connectivity index (χ1n) is 8.32. The number of aromatic nitrogens is 2. The van der Waals surface area contributed by atoms with Gasteiger partial charge in [0.1, 0.15) is 17.1 Å². The average molecular weight is 461 g/mol. The number of thiophene rings is 1. The Morgan fingerprint density at radius 2 is 2.07 bits per heavy atom. The van der Waals surface area contributed by atoms with Crippen LogP contribution >= 0.6 is 27.3 Å². The van der Waals surface area contributed by atoms with Crippen LogP contribution in [-0.2, 0) is 23.8 Å². The van der Waals surface area contributed by atoms with Crippen LogP contribution < -0.4 is 5.32 Å². The van der Waals surface area contributed by atoms with Crippen molar-refractivity contribution < 1.29 is 18.0 Å². The largest absolute Gasteiger partial charge is 0.436 e. The maximum absolute atomic E-state index is 13.0. The lowest BCUT2D eigenvalue weighted by Gasteiger charge is -2.14. The van der Waals surface area contributed by atoms with E-state index in [2.05, 4.69) is 32.4 Å². The van der Waals surface area contributed by atoms with Gasteiger partial charge in [-0.1, -0.05) is 0 Å². The van der Waals surface area contributed by atoms with Gasteiger partial charge in [0.25, 0.3) is 0 Å². The summed E-state index contributed by atoms with van der Waals surface area (Å²) in [6.45, 7) is 2.93. The zero-order valence-corrected chi connectivity index (χ0v) is 17.0. The van der Waals surface area contributed by atoms with Crippen molar-refractivity contribution >= 4 is 38.2 Å². The maximum atomic E-state index is 13.0. The summed E-state index contributed by atoms with van der Waals surface area (Å²) in [5.41, 5.74) is 0.582. The minimum atomic E-state index is -4.62. The molecule has 144 valence electrons. The molecule has 0 aromatic carbocycles. The second kappa shape index (κ2) is 7.28. The fourth-order valence-corrected chi connectivity index (χ4v) is 4.88. The van der Waals surface area contributed by atoms with Crippen molar-refractivity contribution in [2.24, 2.45) is 0 Å². The molecule has 27 heavy (non-hydrogen) atoms. The van der Waals surface area contributed by atoms with E-state index in [9.17, 15) is 23.2 Å². The minimum Gasteiger partial charge on any atom is -0.315 e. The molecule has 2 aromatic rings. The van der Waals surface area contributed by atoms with E-state index >= 15 is 0 Å². The topological polar surface area (TPSA) is 70.7 Å². The Morgan fingerprint density at radius 3 is 2.67 bits per heavy atom. The van der Waals surface area contributed by atoms with Crippen LogP contribution in [0.25, 0.3) is 0 Å². The fourth-order valence-electron chi connectivity index (χ4n) is 3.16. The molecule has 0 bridgehead atoms. The molecule has 5 nitrogen and oxygen atoms in total. The van der Waals surface area contributed by atoms with Gasteiger partial charge in [-0.25, -0.2) is 0 Å². The monoisotopic (exact) mass is 460 g/mol. The highest BCUT2D eigenvalue weighted by Crippen LogP contribution is 2.39. The van der Waals surface area contributed by atoms with E-state index in [0.717, 1.165) is 40.8 Å². The Balaban J connectivity index is 1.88. The molecule has 1 aliphatic rings. The highest BCUT2D eigenvalue weighted by molar-refractivity contribution is 9.10. The molecule has 2 aromatic heterocycles. The van der Waals surface area contributed by atoms with E-state index in [4.69, 9.17) is 0 Å². The SMILES string of the molecule is Cc1c(Br)c(C(F)(F)F)nn1C(C)C(=O)Nc1sc2c(c1C#N)CCCC2. The average Bonchev–Trinajstić information content (AvgIpc) is 3.11. The molecule has 0 fully saturated rings. The van der Waals surface area contributed by atoms with Crippen molar-refractivity contribution in [2.45, 2.75) is 51.7 Å². The quantitative estimate of drug-likeness (QED) is 0.701. The Hall–Kier alpha value is -1.86. The van der Waals surface area contributed by atoms with Crippen molar-refractivity contribution in [3.63, 3.8) is 0 Å². The number of hydrogen-bond donors (Lipinski definition) is 1. The highest BCUT2D eigenvalue weighted by Gasteiger charge is 2.39. The summed E-state index contributed by atoms with van der Waals surface area (Å²) in [5.74, 6) is -0.517. The molecule has 0 saturated carbocycles. The third kappa shape index (κ3) is 3.62. The van der Waals surface area contributed by atoms with Crippen LogP contribution in [0.3, 0.4) is 0 Å². The molecule has 10 heteroatoms. The van der Waals surface area contributed by atoms with Gasteiger partial charge in [0, 0.05) is 4.88 Å². The number of nitriles is 1. The van der Waals surface area contributed by atoms with Gasteiger partial charge < -0.3 is 5.32 Å². The lowest BCUT2D eigenvalue weighted by Crippen LogP contribution is -2.25. The molecule has 1 amide bonds. The molecule has 1 aliphatic carbocycles. The van der Waals surface area contributed by atoms with E-state index in [1.807, 2.05) is 0 Å². The molecule has 2 heterocycles. The smallest absolute Gasteiger partial charge is 0.315 e. The second-order valence-electron chi connectivity index (χ2n) is 6.38. The summed E-state index contributed by atoms with van der Waals surface area (Å²) in [6.07, 6.45) is -0.891. The Bertz CT molecular complexity index is 942. The number of rotatable bonds is 3. The van der Waals surface area contributed by atoms with Gasteiger partial charge in [0.2, 0.25) is 5.91 Å². The van der Waals surface area contributed by atoms with Crippen LogP contribution in [0.4, 0.5) is 18.2 Å². The van der Waals surface area contributed by atoms with E-state index in [1.54, 1.807) is 0 Å². The van der Waals surface area contributed by atoms with Gasteiger partial charge in [0.05, 0.1) is 15.7 Å². The summed E-state index contributed by atoms with van der Waals surface area (Å²) in [4.78, 5) is 13.7. The van der Waals surface area contributed by atoms with Crippen LogP contribution in [0.5, 0.6) is 0 Å². The lowest BCUT2D eigenvalue weighted by atomic mass is 9.96. The second-order valence-corrected chi connectivity index (χ2v) is 8.28. The predicted octanol–water partition coefficient (Wildman–Crippen LogP) is 4.98. The molecule has 0 spiro atoms. The van der Waals surface area contributed by atoms with Gasteiger partial charge in [-0.15, -0.1) is 11.3 Å². The van der Waals surface area contributed by atoms with E-state index in [0.29, 0.717) is 10.6 Å². The molecule has 1 unspecified atom stereocenters. The molecular formula is C17H16BrF3N4OS. The third-order valence-electron chi connectivity index (χ3n) is 4.61. The normalized spacial score (nSPS) is 15.1. The number of nitrogens with zero attached hydrogens (tertiary/aromatic N) is 3. The molecule has 3 rings (SSSR count). The Kier molecular flexibility index (Phi) is 5.36. The predicted molar refractivity (Wildman–Crippen MR) is 98.7 cm³/mol. The van der Waals surface area contributed by atoms with Crippen LogP contribution in [-0.4, -0.2) is 15.7 Å². The van der Waals surface area contributed by atoms with Crippen molar-refractivity contribution in [3.05, 3.63) is 31.9 Å². The van der Waals surface area contributed by atoms with Gasteiger partial charge in [-0.2, -0.15) is 23.5 Å². The summed E-state index contributed by atoms with van der Waals surface area (Å²) < 4.78 is 40.0. The van der Waals surface area contributed by atoms with E-state index in [1.165, 1.54) is 25.2 Å². The standard InChI is InChI=1S/C17H16BrF3N4OS/c1-8-13(18)14(17(19,20)21)24-25(8)9(2)15(26)23-16-11(7-22)10-5-3-4-6-12(10)27-16/h9H,3-6H2,1-2H3,(H,23,26). The number of nitrogens with one attached hydrogen (secondary N) is 1. The highest BCUT2D eigenvalue weighted by atomic mass is 79.9. The first kappa shape index (κ1) is 19.9. The number of fused-ring (bicyclic) bond motifs is 1. The van der Waals surface area contributed by atoms with Crippen molar-refractivity contribution in [3.8, 4) is 6.07 Å². The molecular weight excluding hydrogens is 445 g/mol. The summed E-state index contributed by atoms with van der Waals surface area (Å²) in [6, 6.07) is 1.18. The van der Waals surface area contributed by atoms with Crippen LogP contribution in [0.15, 0.2) is 4.47 Å². The number of aryl methyl sites for hydroxylation is 1. The first-order valence-corrected chi connectivity index (χ1v) is 9.93. The van der Waals surface area contributed by atoms with Gasteiger partial charge >= 0.3 is 6.18 Å². The van der Waals surface area contributed by atoms with Crippen molar-refractivity contribution in [1.82, 2.24) is 9.78 Å². The fraction of sp³-hybridized carbons (Fsp3) is 0.471. The number of hydrogen-bond acceptors (Lipinski definition) is 4. The summed E-state index contributed by atoms with van der Waals surface area (Å²) in [5, 5.41) is 16.2. The zero-order chi connectivity index (χ0) is 19.9. The molecule has 1 N–H and O–H groups in total. The minimum absolute atomic E-state index is 0.182. The number of halogens is 4. The Morgan fingerprint density at radius 1 is 1.41 bits per heavy atom. The number of amides is 1. The third-order valence-corrected chi connectivity index (χ3v) is 6.77. The van der Waals surface area contributed by atoms with Crippen molar-refractivity contribution in [2.75, 3.05) is 5.32 Å². The van der Waals surface area contributed by atoms with Gasteiger partial charge in [0.15, 0.2) is 5.69 Å². The van der Waals surface area contributed by atoms with E-state index < -0.39 is 23.8 Å². The molecule has 0 radical (unpaired) electrons. The van der Waals surface area contributed by atoms with Crippen LogP contribution in [0.1, 0.15) is 53.2 Å². The summed E-state index contributed by atoms with van der Waals surface area (Å²) in [7, 11) is 0. The van der Waals surface area contributed by atoms with Crippen molar-refractivity contribution in [1.29, 1.82) is 5.26 Å². The maximum Gasteiger partial charge on any atom is 0.436 e. The van der Waals surface area contributed by atoms with Crippen LogP contribution in [0, 0.1) is 18.3 Å². The number of anilines is 1. The summed E-state index contributed by atoms with van der Waals surface area (Å²) >= 11 is 4.28. The van der Waals surface area contributed by atoms with E-state index in [-0.39, 0.29) is 10.2 Å². The van der Waals surface area contributed by atoms with Crippen LogP contribution in [0.2, 0.25) is 0 Å². The zero-order valence-electron chi connectivity index (χ0n) is 14.6. The molecule has 1 atom stereocenters. The number of alkyl halides is 3. The van der Waals surface area contributed by atoms with Gasteiger partial charge in [-0.05, 0) is 61.0 Å². The number of carbonyl (C=O) groups is 1. The molecule has 0 aliphatic heterocycles. The lowest BCUT2D eigenvalue weighted by molar-refractivity contribution is -0.142. The Labute approximate surface area is 166 Å². The van der Waals surface area contributed by atoms with Gasteiger partial charge in [-0.3, -0.25) is 9.48 Å².